The van der Waals surface area contributed by atoms with Gasteiger partial charge in [-0.25, -0.2) is 0 Å². The first-order chi connectivity index (χ1) is 13.2. The Morgan fingerprint density at radius 1 is 1.11 bits per heavy atom. The van der Waals surface area contributed by atoms with Crippen LogP contribution in [0.5, 0.6) is 0 Å². The maximum Gasteiger partial charge on any atom is 0.256 e. The molecule has 1 atom stereocenters. The maximum atomic E-state index is 12.5. The lowest BCUT2D eigenvalue weighted by molar-refractivity contribution is 0.0812. The van der Waals surface area contributed by atoms with E-state index in [0.717, 1.165) is 34.2 Å². The van der Waals surface area contributed by atoms with Crippen molar-refractivity contribution in [3.05, 3.63) is 75.5 Å². The van der Waals surface area contributed by atoms with Gasteiger partial charge in [-0.1, -0.05) is 24.3 Å². The zero-order valence-corrected chi connectivity index (χ0v) is 17.3. The Morgan fingerprint density at radius 3 is 2.63 bits per heavy atom. The van der Waals surface area contributed by atoms with Crippen LogP contribution in [0.25, 0.3) is 11.3 Å². The molecule has 3 aromatic rings. The monoisotopic (exact) mass is 472 g/mol. The fraction of sp³-hybridized carbons (Fsp3) is 0.227. The van der Waals surface area contributed by atoms with E-state index in [1.807, 2.05) is 36.4 Å². The van der Waals surface area contributed by atoms with Crippen LogP contribution in [0.1, 0.15) is 22.5 Å². The van der Waals surface area contributed by atoms with Crippen LogP contribution in [0, 0.1) is 3.57 Å². The van der Waals surface area contributed by atoms with Crippen LogP contribution in [0.3, 0.4) is 0 Å². The van der Waals surface area contributed by atoms with E-state index >= 15 is 0 Å². The number of carbonyl (C=O) groups excluding carboxylic acids is 1. The molecule has 1 N–H and O–H groups in total. The van der Waals surface area contributed by atoms with Crippen molar-refractivity contribution in [2.75, 3.05) is 12.4 Å². The summed E-state index contributed by atoms with van der Waals surface area (Å²) >= 11 is 2.18. The van der Waals surface area contributed by atoms with Crippen molar-refractivity contribution in [3.63, 3.8) is 0 Å². The summed E-state index contributed by atoms with van der Waals surface area (Å²) in [7, 11) is 1.79. The van der Waals surface area contributed by atoms with E-state index < -0.39 is 0 Å². The highest BCUT2D eigenvalue weighted by molar-refractivity contribution is 14.1. The van der Waals surface area contributed by atoms with Gasteiger partial charge in [0.05, 0.1) is 11.7 Å². The van der Waals surface area contributed by atoms with Crippen LogP contribution in [0.15, 0.2) is 60.7 Å². The molecule has 138 valence electrons. The van der Waals surface area contributed by atoms with Gasteiger partial charge in [0.2, 0.25) is 0 Å². The quantitative estimate of drug-likeness (QED) is 0.545. The van der Waals surface area contributed by atoms with Crippen molar-refractivity contribution in [1.82, 2.24) is 4.57 Å². The van der Waals surface area contributed by atoms with Crippen molar-refractivity contribution in [2.24, 2.45) is 0 Å². The van der Waals surface area contributed by atoms with E-state index in [9.17, 15) is 4.79 Å². The summed E-state index contributed by atoms with van der Waals surface area (Å²) in [6, 6.07) is 20.0. The predicted octanol–water partition coefficient (Wildman–Crippen LogP) is 4.97. The van der Waals surface area contributed by atoms with Gasteiger partial charge < -0.3 is 14.6 Å². The molecule has 0 saturated heterocycles. The number of benzene rings is 2. The molecule has 5 heteroatoms. The molecule has 1 aliphatic heterocycles. The number of nitrogens with zero attached hydrogens (tertiary/aromatic N) is 1. The minimum Gasteiger partial charge on any atom is -0.381 e. The second-order valence-corrected chi connectivity index (χ2v) is 7.89. The van der Waals surface area contributed by atoms with Crippen LogP contribution in [0.2, 0.25) is 0 Å². The molecule has 1 aromatic heterocycles. The summed E-state index contributed by atoms with van der Waals surface area (Å²) in [6.45, 7) is 0.973. The molecular weight excluding hydrogens is 451 g/mol. The van der Waals surface area contributed by atoms with Gasteiger partial charge in [0, 0.05) is 40.7 Å². The van der Waals surface area contributed by atoms with Gasteiger partial charge in [-0.15, -0.1) is 0 Å². The Kier molecular flexibility index (Phi) is 5.31. The highest BCUT2D eigenvalue weighted by atomic mass is 127. The molecular formula is C22H21IN2O2. The summed E-state index contributed by atoms with van der Waals surface area (Å²) in [5.74, 6) is -0.0848. The lowest BCUT2D eigenvalue weighted by atomic mass is 10.1. The van der Waals surface area contributed by atoms with Crippen molar-refractivity contribution in [1.29, 1.82) is 0 Å². The molecule has 0 radical (unpaired) electrons. The molecule has 4 rings (SSSR count). The number of carbonyl (C=O) groups is 1. The van der Waals surface area contributed by atoms with Crippen molar-refractivity contribution < 1.29 is 9.53 Å². The number of halogens is 1. The Balaban J connectivity index is 1.51. The summed E-state index contributed by atoms with van der Waals surface area (Å²) in [4.78, 5) is 12.5. The molecule has 0 fully saturated rings. The van der Waals surface area contributed by atoms with Gasteiger partial charge in [-0.3, -0.25) is 4.79 Å². The number of rotatable bonds is 4. The number of methoxy groups -OCH3 is 1. The van der Waals surface area contributed by atoms with Crippen LogP contribution in [-0.4, -0.2) is 23.7 Å². The van der Waals surface area contributed by atoms with Crippen LogP contribution in [0.4, 0.5) is 5.69 Å². The fourth-order valence-corrected chi connectivity index (χ4v) is 4.21. The summed E-state index contributed by atoms with van der Waals surface area (Å²) in [5.41, 5.74) is 5.18. The minimum absolute atomic E-state index is 0.0848. The fourth-order valence-electron chi connectivity index (χ4n) is 3.58. The SMILES string of the molecule is COC1CCn2c(ccc2-c2ccc(NC(=O)c3ccccc3I)cc2)C1. The number of aromatic nitrogens is 1. The molecule has 0 bridgehead atoms. The molecule has 0 spiro atoms. The molecule has 27 heavy (non-hydrogen) atoms. The first-order valence-electron chi connectivity index (χ1n) is 9.03. The summed E-state index contributed by atoms with van der Waals surface area (Å²) in [6.07, 6.45) is 2.31. The molecule has 0 aliphatic carbocycles. The molecule has 2 heterocycles. The highest BCUT2D eigenvalue weighted by Gasteiger charge is 2.20. The predicted molar refractivity (Wildman–Crippen MR) is 116 cm³/mol. The normalized spacial score (nSPS) is 16.0. The third-order valence-electron chi connectivity index (χ3n) is 5.07. The topological polar surface area (TPSA) is 43.3 Å². The molecule has 1 unspecified atom stereocenters. The Labute approximate surface area is 172 Å². The van der Waals surface area contributed by atoms with Crippen molar-refractivity contribution in [3.8, 4) is 11.3 Å². The summed E-state index contributed by atoms with van der Waals surface area (Å²) in [5, 5.41) is 2.98. The molecule has 4 nitrogen and oxygen atoms in total. The number of fused-ring (bicyclic) bond motifs is 1. The second-order valence-electron chi connectivity index (χ2n) is 6.72. The molecule has 2 aromatic carbocycles. The number of nitrogens with one attached hydrogen (secondary N) is 1. The third kappa shape index (κ3) is 3.80. The Hall–Kier alpha value is -2.12. The number of hydrogen-bond acceptors (Lipinski definition) is 2. The number of anilines is 1. The van der Waals surface area contributed by atoms with E-state index in [4.69, 9.17) is 4.74 Å². The van der Waals surface area contributed by atoms with Gasteiger partial charge in [-0.2, -0.15) is 0 Å². The van der Waals surface area contributed by atoms with Crippen LogP contribution >= 0.6 is 22.6 Å². The number of ether oxygens (including phenoxy) is 1. The third-order valence-corrected chi connectivity index (χ3v) is 6.01. The number of amides is 1. The largest absolute Gasteiger partial charge is 0.381 e. The number of hydrogen-bond donors (Lipinski definition) is 1. The average Bonchev–Trinajstić information content (AvgIpc) is 3.12. The second kappa shape index (κ2) is 7.86. The van der Waals surface area contributed by atoms with E-state index in [-0.39, 0.29) is 5.91 Å². The van der Waals surface area contributed by atoms with Gasteiger partial charge in [0.1, 0.15) is 0 Å². The van der Waals surface area contributed by atoms with Crippen LogP contribution < -0.4 is 5.32 Å². The van der Waals surface area contributed by atoms with Crippen LogP contribution in [-0.2, 0) is 17.7 Å². The Bertz CT molecular complexity index is 963. The minimum atomic E-state index is -0.0848. The van der Waals surface area contributed by atoms with E-state index in [1.165, 1.54) is 11.4 Å². The van der Waals surface area contributed by atoms with E-state index in [1.54, 1.807) is 7.11 Å². The van der Waals surface area contributed by atoms with Gasteiger partial charge in [-0.05, 0) is 71.0 Å². The molecule has 1 amide bonds. The smallest absolute Gasteiger partial charge is 0.256 e. The zero-order chi connectivity index (χ0) is 18.8. The first-order valence-corrected chi connectivity index (χ1v) is 10.1. The maximum absolute atomic E-state index is 12.5. The first kappa shape index (κ1) is 18.3. The average molecular weight is 472 g/mol. The Morgan fingerprint density at radius 2 is 1.89 bits per heavy atom. The lowest BCUT2D eigenvalue weighted by Crippen LogP contribution is -2.24. The standard InChI is InChI=1S/C22H21IN2O2/c1-27-18-12-13-25-17(14-18)10-11-21(25)15-6-8-16(9-7-15)24-22(26)19-4-2-3-5-20(19)23/h2-11,18H,12-14H2,1H3,(H,24,26). The highest BCUT2D eigenvalue weighted by Crippen LogP contribution is 2.29. The molecule has 1 aliphatic rings. The van der Waals surface area contributed by atoms with E-state index in [0.29, 0.717) is 11.7 Å². The van der Waals surface area contributed by atoms with Gasteiger partial charge in [0.25, 0.3) is 5.91 Å². The van der Waals surface area contributed by atoms with Gasteiger partial charge in [0.15, 0.2) is 0 Å². The van der Waals surface area contributed by atoms with Crippen molar-refractivity contribution >= 4 is 34.2 Å². The van der Waals surface area contributed by atoms with Gasteiger partial charge >= 0.3 is 0 Å². The van der Waals surface area contributed by atoms with Crippen molar-refractivity contribution in [2.45, 2.75) is 25.5 Å². The van der Waals surface area contributed by atoms with E-state index in [2.05, 4.69) is 56.7 Å². The summed E-state index contributed by atoms with van der Waals surface area (Å²) < 4.78 is 8.82. The molecule has 0 saturated carbocycles. The zero-order valence-electron chi connectivity index (χ0n) is 15.1. The lowest BCUT2D eigenvalue weighted by Gasteiger charge is -2.24.